The zero-order chi connectivity index (χ0) is 18.2. The number of nitrogens with one attached hydrogen (secondary N) is 1. The molecule has 0 unspecified atom stereocenters. The number of aromatic hydroxyl groups is 1. The molecular formula is C14H13F3N4O3S. The van der Waals surface area contributed by atoms with Gasteiger partial charge >= 0.3 is 12.1 Å². The van der Waals surface area contributed by atoms with E-state index in [1.165, 1.54) is 24.3 Å². The number of fused-ring (bicyclic) bond motifs is 1. The van der Waals surface area contributed by atoms with Crippen LogP contribution < -0.4 is 5.43 Å². The van der Waals surface area contributed by atoms with Crippen molar-refractivity contribution in [2.24, 2.45) is 0 Å². The first kappa shape index (κ1) is 17.4. The van der Waals surface area contributed by atoms with Crippen LogP contribution in [0.15, 0.2) is 29.4 Å². The molecule has 0 saturated heterocycles. The Bertz CT molecular complexity index is 779. The minimum atomic E-state index is -4.70. The molecule has 1 aromatic carbocycles. The zero-order valence-corrected chi connectivity index (χ0v) is 13.6. The number of carbonyl (C=O) groups excluding carboxylic acids is 1. The molecule has 2 heterocycles. The van der Waals surface area contributed by atoms with E-state index in [0.717, 1.165) is 16.4 Å². The van der Waals surface area contributed by atoms with Crippen molar-refractivity contribution in [2.45, 2.75) is 29.5 Å². The van der Waals surface area contributed by atoms with E-state index in [0.29, 0.717) is 5.56 Å². The Morgan fingerprint density at radius 2 is 2.04 bits per heavy atom. The van der Waals surface area contributed by atoms with Gasteiger partial charge in [0.25, 0.3) is 5.82 Å². The lowest BCUT2D eigenvalue weighted by Gasteiger charge is -2.32. The van der Waals surface area contributed by atoms with Crippen molar-refractivity contribution in [3.8, 4) is 5.75 Å². The lowest BCUT2D eigenvalue weighted by Crippen LogP contribution is -2.40. The third kappa shape index (κ3) is 3.36. The second kappa shape index (κ2) is 6.47. The van der Waals surface area contributed by atoms with Crippen LogP contribution in [-0.4, -0.2) is 37.8 Å². The van der Waals surface area contributed by atoms with Gasteiger partial charge in [0.05, 0.1) is 12.6 Å². The Kier molecular flexibility index (Phi) is 4.50. The van der Waals surface area contributed by atoms with Crippen LogP contribution in [0.1, 0.15) is 24.4 Å². The molecule has 1 aliphatic rings. The number of phenolic OH excluding ortho intramolecular Hbond substituents is 1. The zero-order valence-electron chi connectivity index (χ0n) is 12.8. The minimum absolute atomic E-state index is 0.000800. The number of benzene rings is 1. The second-order valence-electron chi connectivity index (χ2n) is 5.13. The maximum Gasteiger partial charge on any atom is 0.453 e. The van der Waals surface area contributed by atoms with Gasteiger partial charge < -0.3 is 15.3 Å². The standard InChI is InChI=1S/C14H13F3N4O3S/c1-2-24-11(23)10-9(7-3-5-8(22)6-4-7)20-21-12(14(15,16)17)18-19-13(21)25-10/h3-6,9-10,20,22H,2H2,1H3/t9-,10+/m0/s1. The van der Waals surface area contributed by atoms with Crippen molar-refractivity contribution in [1.82, 2.24) is 14.9 Å². The molecule has 3 rings (SSSR count). The Hall–Kier alpha value is -2.43. The van der Waals surface area contributed by atoms with Crippen molar-refractivity contribution in [3.63, 3.8) is 0 Å². The van der Waals surface area contributed by atoms with Crippen LogP contribution in [-0.2, 0) is 15.7 Å². The van der Waals surface area contributed by atoms with Crippen molar-refractivity contribution in [1.29, 1.82) is 0 Å². The normalized spacial score (nSPS) is 19.8. The quantitative estimate of drug-likeness (QED) is 0.797. The number of halogens is 3. The topological polar surface area (TPSA) is 89.3 Å². The Morgan fingerprint density at radius 3 is 2.64 bits per heavy atom. The number of ether oxygens (including phenoxy) is 1. The summed E-state index contributed by atoms with van der Waals surface area (Å²) in [6.07, 6.45) is -4.70. The molecule has 1 aliphatic heterocycles. The van der Waals surface area contributed by atoms with Gasteiger partial charge in [0, 0.05) is 0 Å². The monoisotopic (exact) mass is 374 g/mol. The Labute approximate surface area is 144 Å². The Balaban J connectivity index is 2.02. The van der Waals surface area contributed by atoms with Crippen molar-refractivity contribution in [3.05, 3.63) is 35.7 Å². The van der Waals surface area contributed by atoms with Gasteiger partial charge in [0.1, 0.15) is 11.0 Å². The van der Waals surface area contributed by atoms with Crippen LogP contribution in [0, 0.1) is 0 Å². The molecule has 0 spiro atoms. The van der Waals surface area contributed by atoms with Crippen LogP contribution in [0.25, 0.3) is 0 Å². The third-order valence-electron chi connectivity index (χ3n) is 3.46. The van der Waals surface area contributed by atoms with E-state index in [-0.39, 0.29) is 17.5 Å². The summed E-state index contributed by atoms with van der Waals surface area (Å²) in [5.41, 5.74) is 3.16. The first-order valence-electron chi connectivity index (χ1n) is 7.22. The first-order chi connectivity index (χ1) is 11.8. The molecule has 25 heavy (non-hydrogen) atoms. The van der Waals surface area contributed by atoms with Crippen LogP contribution >= 0.6 is 11.8 Å². The molecule has 0 radical (unpaired) electrons. The minimum Gasteiger partial charge on any atom is -0.508 e. The smallest absolute Gasteiger partial charge is 0.453 e. The molecule has 134 valence electrons. The maximum absolute atomic E-state index is 13.1. The number of thioether (sulfide) groups is 1. The fraction of sp³-hybridized carbons (Fsp3) is 0.357. The van der Waals surface area contributed by atoms with E-state index in [1.807, 2.05) is 0 Å². The number of aromatic nitrogens is 3. The molecule has 7 nitrogen and oxygen atoms in total. The van der Waals surface area contributed by atoms with Crippen LogP contribution in [0.3, 0.4) is 0 Å². The molecule has 2 N–H and O–H groups in total. The molecule has 0 fully saturated rings. The highest BCUT2D eigenvalue weighted by molar-refractivity contribution is 8.00. The number of alkyl halides is 3. The van der Waals surface area contributed by atoms with Gasteiger partial charge in [-0.15, -0.1) is 10.2 Å². The number of hydrogen-bond donors (Lipinski definition) is 2. The summed E-state index contributed by atoms with van der Waals surface area (Å²) in [5.74, 6) is -1.79. The van der Waals surface area contributed by atoms with E-state index in [2.05, 4.69) is 15.6 Å². The van der Waals surface area contributed by atoms with Crippen LogP contribution in [0.4, 0.5) is 13.2 Å². The molecule has 0 amide bonds. The lowest BCUT2D eigenvalue weighted by molar-refractivity contribution is -0.147. The molecule has 0 bridgehead atoms. The summed E-state index contributed by atoms with van der Waals surface area (Å²) < 4.78 is 44.9. The van der Waals surface area contributed by atoms with E-state index >= 15 is 0 Å². The van der Waals surface area contributed by atoms with Crippen molar-refractivity contribution >= 4 is 17.7 Å². The van der Waals surface area contributed by atoms with Crippen LogP contribution in [0.5, 0.6) is 5.75 Å². The van der Waals surface area contributed by atoms with Gasteiger partial charge in [0.15, 0.2) is 0 Å². The highest BCUT2D eigenvalue weighted by atomic mass is 32.2. The highest BCUT2D eigenvalue weighted by Crippen LogP contribution is 2.40. The molecule has 2 atom stereocenters. The summed E-state index contributed by atoms with van der Waals surface area (Å²) in [6, 6.07) is 4.98. The second-order valence-corrected chi connectivity index (χ2v) is 6.24. The number of nitrogens with zero attached hydrogens (tertiary/aromatic N) is 3. The van der Waals surface area contributed by atoms with Gasteiger partial charge in [-0.25, -0.2) is 4.68 Å². The van der Waals surface area contributed by atoms with Gasteiger partial charge in [-0.05, 0) is 24.6 Å². The van der Waals surface area contributed by atoms with Gasteiger partial charge in [0.2, 0.25) is 5.16 Å². The van der Waals surface area contributed by atoms with Gasteiger partial charge in [-0.3, -0.25) is 4.79 Å². The summed E-state index contributed by atoms with van der Waals surface area (Å²) >= 11 is 0.839. The third-order valence-corrected chi connectivity index (χ3v) is 4.65. The van der Waals surface area contributed by atoms with Crippen LogP contribution in [0.2, 0.25) is 0 Å². The van der Waals surface area contributed by atoms with E-state index in [1.54, 1.807) is 6.92 Å². The van der Waals surface area contributed by atoms with E-state index < -0.39 is 29.3 Å². The van der Waals surface area contributed by atoms with Crippen molar-refractivity contribution in [2.75, 3.05) is 12.0 Å². The summed E-state index contributed by atoms with van der Waals surface area (Å²) in [6.45, 7) is 1.78. The fourth-order valence-corrected chi connectivity index (χ4v) is 3.45. The molecule has 0 aliphatic carbocycles. The summed E-state index contributed by atoms with van der Waals surface area (Å²) in [7, 11) is 0. The van der Waals surface area contributed by atoms with E-state index in [9.17, 15) is 23.1 Å². The number of hydrogen-bond acceptors (Lipinski definition) is 7. The summed E-state index contributed by atoms with van der Waals surface area (Å²) in [4.78, 5) is 12.3. The Morgan fingerprint density at radius 1 is 1.36 bits per heavy atom. The molecular weight excluding hydrogens is 361 g/mol. The van der Waals surface area contributed by atoms with Gasteiger partial charge in [-0.1, -0.05) is 23.9 Å². The lowest BCUT2D eigenvalue weighted by atomic mass is 10.0. The SMILES string of the molecule is CCOC(=O)[C@@H]1Sc2nnc(C(F)(F)F)n2N[C@H]1c1ccc(O)cc1. The number of carbonyl (C=O) groups is 1. The predicted octanol–water partition coefficient (Wildman–Crippen LogP) is 2.32. The predicted molar refractivity (Wildman–Crippen MR) is 81.5 cm³/mol. The number of phenols is 1. The number of rotatable bonds is 3. The first-order valence-corrected chi connectivity index (χ1v) is 8.10. The molecule has 11 heteroatoms. The van der Waals surface area contributed by atoms with E-state index in [4.69, 9.17) is 4.74 Å². The molecule has 0 saturated carbocycles. The maximum atomic E-state index is 13.1. The molecule has 2 aromatic rings. The summed E-state index contributed by atoms with van der Waals surface area (Å²) in [5, 5.41) is 15.1. The molecule has 1 aromatic heterocycles. The number of esters is 1. The van der Waals surface area contributed by atoms with Crippen molar-refractivity contribution < 1.29 is 27.8 Å². The average molecular weight is 374 g/mol. The van der Waals surface area contributed by atoms with Gasteiger partial charge in [-0.2, -0.15) is 13.2 Å². The largest absolute Gasteiger partial charge is 0.508 e. The fourth-order valence-electron chi connectivity index (χ4n) is 2.37. The highest BCUT2D eigenvalue weighted by Gasteiger charge is 2.44. The average Bonchev–Trinajstić information content (AvgIpc) is 2.98.